The summed E-state index contributed by atoms with van der Waals surface area (Å²) in [4.78, 5) is 28.6. The Morgan fingerprint density at radius 3 is 2.33 bits per heavy atom. The molecular formula is C21H23N5O4. The van der Waals surface area contributed by atoms with Crippen LogP contribution in [0.5, 0.6) is 0 Å². The van der Waals surface area contributed by atoms with E-state index in [1.54, 1.807) is 31.3 Å². The van der Waals surface area contributed by atoms with Gasteiger partial charge in [0.05, 0.1) is 6.54 Å². The largest absolute Gasteiger partial charge is 0.336 e. The molecule has 156 valence electrons. The molecule has 0 heterocycles. The molecule has 0 aliphatic rings. The van der Waals surface area contributed by atoms with Crippen LogP contribution in [0.1, 0.15) is 21.5 Å². The Morgan fingerprint density at radius 2 is 1.73 bits per heavy atom. The number of nitrogens with zero attached hydrogens (tertiary/aromatic N) is 2. The van der Waals surface area contributed by atoms with Crippen LogP contribution in [0.2, 0.25) is 0 Å². The van der Waals surface area contributed by atoms with Crippen LogP contribution < -0.4 is 16.2 Å². The van der Waals surface area contributed by atoms with Gasteiger partial charge < -0.3 is 10.6 Å². The van der Waals surface area contributed by atoms with Gasteiger partial charge in [-0.25, -0.2) is 0 Å². The third-order valence-corrected chi connectivity index (χ3v) is 3.87. The van der Waals surface area contributed by atoms with Gasteiger partial charge in [0.15, 0.2) is 0 Å². The third kappa shape index (κ3) is 7.12. The molecule has 0 unspecified atom stereocenters. The number of hydrogen-bond acceptors (Lipinski definition) is 7. The molecule has 2 aromatic carbocycles. The Balaban J connectivity index is 2.08. The van der Waals surface area contributed by atoms with E-state index in [-0.39, 0.29) is 5.17 Å². The first-order valence-corrected chi connectivity index (χ1v) is 9.10. The van der Waals surface area contributed by atoms with E-state index in [4.69, 9.17) is 5.21 Å². The molecule has 0 saturated heterocycles. The van der Waals surface area contributed by atoms with Gasteiger partial charge in [0.25, 0.3) is 11.8 Å². The molecule has 0 saturated carbocycles. The molecule has 9 nitrogen and oxygen atoms in total. The molecule has 0 radical (unpaired) electrons. The predicted octanol–water partition coefficient (Wildman–Crippen LogP) is 0.587. The molecule has 0 bridgehead atoms. The van der Waals surface area contributed by atoms with E-state index in [1.165, 1.54) is 11.8 Å². The lowest BCUT2D eigenvalue weighted by Gasteiger charge is -2.18. The topological polar surface area (TPSA) is 126 Å². The number of carbonyl (C=O) groups excluding carboxylic acids is 2. The Labute approximate surface area is 174 Å². The number of hydrazine groups is 1. The normalized spacial score (nSPS) is 11.4. The van der Waals surface area contributed by atoms with Gasteiger partial charge in [0.2, 0.25) is 0 Å². The molecule has 30 heavy (non-hydrogen) atoms. The Bertz CT molecular complexity index is 920. The second-order valence-corrected chi connectivity index (χ2v) is 6.05. The van der Waals surface area contributed by atoms with Crippen molar-refractivity contribution in [2.75, 3.05) is 20.1 Å². The van der Waals surface area contributed by atoms with E-state index >= 15 is 0 Å². The minimum absolute atomic E-state index is 0.142. The number of aliphatic imine (C=N–C) groups is 1. The van der Waals surface area contributed by atoms with E-state index in [0.717, 1.165) is 11.1 Å². The maximum atomic E-state index is 12.5. The number of hydroxylamine groups is 1. The Morgan fingerprint density at radius 1 is 1.10 bits per heavy atom. The third-order valence-electron chi connectivity index (χ3n) is 3.87. The maximum absolute atomic E-state index is 12.5. The first-order chi connectivity index (χ1) is 14.5. The van der Waals surface area contributed by atoms with Crippen molar-refractivity contribution in [2.24, 2.45) is 4.99 Å². The summed E-state index contributed by atoms with van der Waals surface area (Å²) in [7, 11) is 1.75. The lowest BCUT2D eigenvalue weighted by Crippen LogP contribution is -2.52. The van der Waals surface area contributed by atoms with E-state index in [1.807, 2.05) is 30.3 Å². The summed E-state index contributed by atoms with van der Waals surface area (Å²) in [5.74, 6) is 4.47. The summed E-state index contributed by atoms with van der Waals surface area (Å²) in [6.07, 6.45) is 1.19. The van der Waals surface area contributed by atoms with Gasteiger partial charge in [-0.15, -0.1) is 5.17 Å². The monoisotopic (exact) mass is 409 g/mol. The van der Waals surface area contributed by atoms with Crippen LogP contribution in [-0.4, -0.2) is 59.8 Å². The number of carbonyl (C=O) groups is 2. The van der Waals surface area contributed by atoms with Crippen molar-refractivity contribution >= 4 is 18.0 Å². The van der Waals surface area contributed by atoms with Gasteiger partial charge in [-0.1, -0.05) is 35.6 Å². The van der Waals surface area contributed by atoms with Crippen LogP contribution in [0.25, 0.3) is 0 Å². The van der Waals surface area contributed by atoms with Gasteiger partial charge in [-0.05, 0) is 43.4 Å². The fourth-order valence-corrected chi connectivity index (χ4v) is 2.30. The summed E-state index contributed by atoms with van der Waals surface area (Å²) in [5.41, 5.74) is 3.19. The molecular weight excluding hydrogens is 386 g/mol. The van der Waals surface area contributed by atoms with Gasteiger partial charge in [0, 0.05) is 29.4 Å². The van der Waals surface area contributed by atoms with Crippen molar-refractivity contribution in [1.29, 1.82) is 0 Å². The molecule has 0 aliphatic carbocycles. The van der Waals surface area contributed by atoms with Crippen LogP contribution in [-0.2, 0) is 4.79 Å². The molecule has 1 atom stereocenters. The van der Waals surface area contributed by atoms with Crippen molar-refractivity contribution in [3.05, 3.63) is 71.3 Å². The zero-order chi connectivity index (χ0) is 21.8. The number of nitrogens with one attached hydrogen (secondary N) is 3. The average Bonchev–Trinajstić information content (AvgIpc) is 2.79. The highest BCUT2D eigenvalue weighted by Crippen LogP contribution is 2.05. The lowest BCUT2D eigenvalue weighted by molar-refractivity contribution is -0.218. The van der Waals surface area contributed by atoms with Crippen molar-refractivity contribution in [2.45, 2.75) is 6.04 Å². The molecule has 2 aromatic rings. The standard InChI is InChI=1S/C21H23N5O4/c1-22-13-14-23-15-19(21(28)26(30)25-29)24-20(27)18-11-9-17(10-12-18)8-7-16-5-3-2-4-6-16/h2-6,9-12,15,19,22,25,29-30H,13-14H2,1H3,(H,24,27)/t19-/m0/s1. The molecule has 0 aliphatic heterocycles. The summed E-state index contributed by atoms with van der Waals surface area (Å²) in [6.45, 7) is 0.931. The number of hydrogen-bond donors (Lipinski definition) is 5. The molecule has 0 fully saturated rings. The zero-order valence-corrected chi connectivity index (χ0v) is 16.4. The van der Waals surface area contributed by atoms with Crippen molar-refractivity contribution in [3.8, 4) is 11.8 Å². The highest BCUT2D eigenvalue weighted by atomic mass is 16.7. The molecule has 0 aromatic heterocycles. The van der Waals surface area contributed by atoms with Crippen LogP contribution >= 0.6 is 0 Å². The molecule has 5 N–H and O–H groups in total. The maximum Gasteiger partial charge on any atom is 0.291 e. The first kappa shape index (κ1) is 22.7. The van der Waals surface area contributed by atoms with Crippen molar-refractivity contribution in [1.82, 2.24) is 21.4 Å². The number of rotatable bonds is 8. The van der Waals surface area contributed by atoms with Crippen LogP contribution in [0.3, 0.4) is 0 Å². The SMILES string of the molecule is CNCCN=C[C@H](NC(=O)c1ccc(C#Cc2ccccc2)cc1)C(=O)N(O)NO. The molecule has 9 heteroatoms. The number of amides is 2. The minimum Gasteiger partial charge on any atom is -0.336 e. The highest BCUT2D eigenvalue weighted by molar-refractivity contribution is 6.04. The minimum atomic E-state index is -1.28. The number of benzene rings is 2. The van der Waals surface area contributed by atoms with Crippen LogP contribution in [0.4, 0.5) is 0 Å². The van der Waals surface area contributed by atoms with Crippen molar-refractivity contribution < 1.29 is 20.0 Å². The first-order valence-electron chi connectivity index (χ1n) is 9.10. The average molecular weight is 409 g/mol. The zero-order valence-electron chi connectivity index (χ0n) is 16.4. The second-order valence-electron chi connectivity index (χ2n) is 6.05. The molecule has 2 rings (SSSR count). The van der Waals surface area contributed by atoms with Crippen LogP contribution in [0, 0.1) is 11.8 Å². The summed E-state index contributed by atoms with van der Waals surface area (Å²) in [5, 5.41) is 23.3. The van der Waals surface area contributed by atoms with Gasteiger partial charge in [-0.3, -0.25) is 25.0 Å². The summed E-state index contributed by atoms with van der Waals surface area (Å²) in [6, 6.07) is 14.8. The summed E-state index contributed by atoms with van der Waals surface area (Å²) >= 11 is 0. The summed E-state index contributed by atoms with van der Waals surface area (Å²) < 4.78 is 0. The van der Waals surface area contributed by atoms with E-state index in [9.17, 15) is 14.8 Å². The molecule has 0 spiro atoms. The van der Waals surface area contributed by atoms with Gasteiger partial charge >= 0.3 is 0 Å². The number of likely N-dealkylation sites (N-methyl/N-ethyl adjacent to an activating group) is 1. The lowest BCUT2D eigenvalue weighted by atomic mass is 10.1. The Hall–Kier alpha value is -3.55. The van der Waals surface area contributed by atoms with E-state index in [2.05, 4.69) is 27.5 Å². The quantitative estimate of drug-likeness (QED) is 0.143. The van der Waals surface area contributed by atoms with E-state index in [0.29, 0.717) is 18.7 Å². The fourth-order valence-electron chi connectivity index (χ4n) is 2.30. The fraction of sp³-hybridized carbons (Fsp3) is 0.190. The van der Waals surface area contributed by atoms with Gasteiger partial charge in [0.1, 0.15) is 6.04 Å². The van der Waals surface area contributed by atoms with Crippen LogP contribution in [0.15, 0.2) is 59.6 Å². The molecule has 2 amide bonds. The smallest absolute Gasteiger partial charge is 0.291 e. The van der Waals surface area contributed by atoms with Crippen molar-refractivity contribution in [3.63, 3.8) is 0 Å². The Kier molecular flexibility index (Phi) is 9.18. The van der Waals surface area contributed by atoms with E-state index < -0.39 is 17.9 Å². The second kappa shape index (κ2) is 12.1. The van der Waals surface area contributed by atoms with Gasteiger partial charge in [-0.2, -0.15) is 0 Å². The predicted molar refractivity (Wildman–Crippen MR) is 111 cm³/mol. The highest BCUT2D eigenvalue weighted by Gasteiger charge is 2.24.